The molecule has 1 fully saturated rings. The third-order valence-electron chi connectivity index (χ3n) is 3.27. The van der Waals surface area contributed by atoms with Gasteiger partial charge in [-0.05, 0) is 13.8 Å². The minimum Gasteiger partial charge on any atom is -0.332 e. The van der Waals surface area contributed by atoms with E-state index in [1.807, 2.05) is 0 Å². The van der Waals surface area contributed by atoms with Crippen LogP contribution in [0.4, 0.5) is 0 Å². The number of nitrogens with zero attached hydrogens (tertiary/aromatic N) is 2. The van der Waals surface area contributed by atoms with E-state index in [2.05, 4.69) is 4.98 Å². The molecule has 1 aromatic heterocycles. The molecule has 1 aliphatic heterocycles. The van der Waals surface area contributed by atoms with E-state index in [4.69, 9.17) is 0 Å². The smallest absolute Gasteiger partial charge is 0.273 e. The molecular formula is C10H14N2O3S2. The quantitative estimate of drug-likeness (QED) is 0.759. The van der Waals surface area contributed by atoms with Crippen molar-refractivity contribution in [1.29, 1.82) is 0 Å². The van der Waals surface area contributed by atoms with Gasteiger partial charge < -0.3 is 4.90 Å². The Kier molecular flexibility index (Phi) is 3.22. The summed E-state index contributed by atoms with van der Waals surface area (Å²) in [5.74, 6) is -0.144. The van der Waals surface area contributed by atoms with Crippen LogP contribution in [0.1, 0.15) is 24.3 Å². The zero-order valence-corrected chi connectivity index (χ0v) is 11.3. The zero-order chi connectivity index (χ0) is 12.6. The van der Waals surface area contributed by atoms with E-state index in [0.717, 1.165) is 0 Å². The van der Waals surface area contributed by atoms with Crippen molar-refractivity contribution in [3.05, 3.63) is 16.6 Å². The predicted molar refractivity (Wildman–Crippen MR) is 65.9 cm³/mol. The number of carbonyl (C=O) groups is 1. The minimum atomic E-state index is -3.06. The van der Waals surface area contributed by atoms with E-state index in [9.17, 15) is 13.2 Å². The maximum atomic E-state index is 12.1. The van der Waals surface area contributed by atoms with Gasteiger partial charge in [-0.3, -0.25) is 4.79 Å². The van der Waals surface area contributed by atoms with E-state index in [0.29, 0.717) is 5.69 Å². The first-order valence-corrected chi connectivity index (χ1v) is 8.00. The largest absolute Gasteiger partial charge is 0.332 e. The molecule has 0 aliphatic carbocycles. The van der Waals surface area contributed by atoms with Gasteiger partial charge >= 0.3 is 0 Å². The number of carbonyl (C=O) groups excluding carboxylic acids is 1. The van der Waals surface area contributed by atoms with Gasteiger partial charge in [-0.2, -0.15) is 0 Å². The second kappa shape index (κ2) is 4.38. The predicted octanol–water partition coefficient (Wildman–Crippen LogP) is 0.791. The summed E-state index contributed by atoms with van der Waals surface area (Å²) in [6.07, 6.45) is 0. The molecule has 2 rings (SSSR count). The first-order chi connectivity index (χ1) is 7.93. The maximum Gasteiger partial charge on any atom is 0.273 e. The fraction of sp³-hybridized carbons (Fsp3) is 0.600. The number of hydrogen-bond acceptors (Lipinski definition) is 5. The third kappa shape index (κ3) is 2.21. The molecule has 1 aliphatic rings. The van der Waals surface area contributed by atoms with Gasteiger partial charge in [0.05, 0.1) is 16.5 Å². The summed E-state index contributed by atoms with van der Waals surface area (Å²) in [7, 11) is -3.06. The Morgan fingerprint density at radius 3 is 2.82 bits per heavy atom. The number of sulfone groups is 1. The summed E-state index contributed by atoms with van der Waals surface area (Å²) in [6.45, 7) is 3.68. The van der Waals surface area contributed by atoms with Crippen LogP contribution in [0.25, 0.3) is 0 Å². The zero-order valence-electron chi connectivity index (χ0n) is 9.66. The Bertz CT molecular complexity index is 510. The van der Waals surface area contributed by atoms with Crippen LogP contribution < -0.4 is 0 Å². The molecule has 0 spiro atoms. The molecule has 1 saturated heterocycles. The number of aromatic nitrogens is 1. The summed E-state index contributed by atoms with van der Waals surface area (Å²) < 4.78 is 23.4. The van der Waals surface area contributed by atoms with E-state index in [-0.39, 0.29) is 24.2 Å². The molecule has 0 aromatic carbocycles. The van der Waals surface area contributed by atoms with E-state index in [1.165, 1.54) is 11.3 Å². The van der Waals surface area contributed by atoms with Gasteiger partial charge in [-0.25, -0.2) is 13.4 Å². The van der Waals surface area contributed by atoms with Crippen molar-refractivity contribution in [2.45, 2.75) is 25.1 Å². The van der Waals surface area contributed by atoms with Gasteiger partial charge in [0.25, 0.3) is 5.91 Å². The molecule has 0 bridgehead atoms. The highest BCUT2D eigenvalue weighted by molar-refractivity contribution is 7.92. The van der Waals surface area contributed by atoms with Crippen molar-refractivity contribution < 1.29 is 13.2 Å². The number of thiazole rings is 1. The van der Waals surface area contributed by atoms with E-state index >= 15 is 0 Å². The average molecular weight is 274 g/mol. The van der Waals surface area contributed by atoms with Crippen LogP contribution >= 0.6 is 11.3 Å². The highest BCUT2D eigenvalue weighted by Crippen LogP contribution is 2.21. The fourth-order valence-corrected chi connectivity index (χ4v) is 4.02. The monoisotopic (exact) mass is 274 g/mol. The molecule has 2 unspecified atom stereocenters. The van der Waals surface area contributed by atoms with Gasteiger partial charge in [0.15, 0.2) is 9.84 Å². The molecule has 1 aromatic rings. The SMILES string of the molecule is CC1C(C)S(=O)(=O)CCN1C(=O)c1cscn1. The lowest BCUT2D eigenvalue weighted by molar-refractivity contribution is 0.0688. The van der Waals surface area contributed by atoms with Gasteiger partial charge in [-0.15, -0.1) is 11.3 Å². The molecule has 7 heteroatoms. The van der Waals surface area contributed by atoms with Crippen molar-refractivity contribution in [1.82, 2.24) is 9.88 Å². The summed E-state index contributed by atoms with van der Waals surface area (Å²) in [5, 5.41) is 1.17. The van der Waals surface area contributed by atoms with E-state index < -0.39 is 15.1 Å². The molecule has 2 atom stereocenters. The van der Waals surface area contributed by atoms with Crippen LogP contribution in [0.2, 0.25) is 0 Å². The van der Waals surface area contributed by atoms with Crippen LogP contribution in [-0.4, -0.2) is 47.8 Å². The Balaban J connectivity index is 2.22. The third-order valence-corrected chi connectivity index (χ3v) is 6.13. The Morgan fingerprint density at radius 1 is 1.53 bits per heavy atom. The molecule has 94 valence electrons. The van der Waals surface area contributed by atoms with Crippen LogP contribution in [0.15, 0.2) is 10.9 Å². The van der Waals surface area contributed by atoms with Gasteiger partial charge in [-0.1, -0.05) is 0 Å². The van der Waals surface area contributed by atoms with Crippen LogP contribution in [0, 0.1) is 0 Å². The summed E-state index contributed by atoms with van der Waals surface area (Å²) in [6, 6.07) is -0.303. The molecule has 2 heterocycles. The first-order valence-electron chi connectivity index (χ1n) is 5.34. The Morgan fingerprint density at radius 2 is 2.24 bits per heavy atom. The fourth-order valence-electron chi connectivity index (χ4n) is 1.92. The topological polar surface area (TPSA) is 67.3 Å². The highest BCUT2D eigenvalue weighted by Gasteiger charge is 2.38. The normalized spacial score (nSPS) is 28.0. The molecular weight excluding hydrogens is 260 g/mol. The first kappa shape index (κ1) is 12.5. The Hall–Kier alpha value is -0.950. The van der Waals surface area contributed by atoms with Crippen molar-refractivity contribution in [2.24, 2.45) is 0 Å². The lowest BCUT2D eigenvalue weighted by atomic mass is 10.2. The molecule has 17 heavy (non-hydrogen) atoms. The van der Waals surface area contributed by atoms with Gasteiger partial charge in [0, 0.05) is 18.0 Å². The van der Waals surface area contributed by atoms with Crippen molar-refractivity contribution in [3.8, 4) is 0 Å². The highest BCUT2D eigenvalue weighted by atomic mass is 32.2. The maximum absolute atomic E-state index is 12.1. The second-order valence-electron chi connectivity index (χ2n) is 4.18. The van der Waals surface area contributed by atoms with Crippen molar-refractivity contribution in [2.75, 3.05) is 12.3 Å². The lowest BCUT2D eigenvalue weighted by Gasteiger charge is -2.37. The molecule has 0 N–H and O–H groups in total. The van der Waals surface area contributed by atoms with Gasteiger partial charge in [0.2, 0.25) is 0 Å². The summed E-state index contributed by atoms with van der Waals surface area (Å²) in [4.78, 5) is 17.7. The molecule has 0 saturated carbocycles. The molecule has 1 amide bonds. The Labute approximate surface area is 104 Å². The standard InChI is InChI=1S/C10H14N2O3S2/c1-7-8(2)17(14,15)4-3-12(7)10(13)9-5-16-6-11-9/h5-8H,3-4H2,1-2H3. The minimum absolute atomic E-state index is 0.0361. The van der Waals surface area contributed by atoms with E-state index in [1.54, 1.807) is 29.6 Å². The average Bonchev–Trinajstić information content (AvgIpc) is 2.79. The second-order valence-corrected chi connectivity index (χ2v) is 7.38. The van der Waals surface area contributed by atoms with Crippen LogP contribution in [0.5, 0.6) is 0 Å². The number of hydrogen-bond donors (Lipinski definition) is 0. The number of amides is 1. The van der Waals surface area contributed by atoms with Crippen molar-refractivity contribution >= 4 is 27.1 Å². The molecule has 5 nitrogen and oxygen atoms in total. The van der Waals surface area contributed by atoms with Gasteiger partial charge in [0.1, 0.15) is 5.69 Å². The molecule has 0 radical (unpaired) electrons. The lowest BCUT2D eigenvalue weighted by Crippen LogP contribution is -2.54. The number of rotatable bonds is 1. The van der Waals surface area contributed by atoms with Crippen LogP contribution in [0.3, 0.4) is 0 Å². The summed E-state index contributed by atoms with van der Waals surface area (Å²) >= 11 is 1.36. The van der Waals surface area contributed by atoms with Crippen LogP contribution in [-0.2, 0) is 9.84 Å². The summed E-state index contributed by atoms with van der Waals surface area (Å²) in [5.41, 5.74) is 2.00. The van der Waals surface area contributed by atoms with Crippen molar-refractivity contribution in [3.63, 3.8) is 0 Å².